The van der Waals surface area contributed by atoms with Gasteiger partial charge in [0, 0.05) is 6.42 Å². The van der Waals surface area contributed by atoms with Gasteiger partial charge in [0.25, 0.3) is 0 Å². The second-order valence-electron chi connectivity index (χ2n) is 5.02. The third kappa shape index (κ3) is 2.93. The van der Waals surface area contributed by atoms with E-state index >= 15 is 0 Å². The Morgan fingerprint density at radius 3 is 2.53 bits per heavy atom. The number of Topliss-reactive ketones (excluding diaryl/α,β-unsaturated/α-hetero) is 1. The Labute approximate surface area is 92.9 Å². The maximum Gasteiger partial charge on any atom is 0.158 e. The molecule has 1 heteroatoms. The summed E-state index contributed by atoms with van der Waals surface area (Å²) in [4.78, 5) is 12.0. The van der Waals surface area contributed by atoms with Gasteiger partial charge in [0.2, 0.25) is 0 Å². The van der Waals surface area contributed by atoms with Gasteiger partial charge in [-0.25, -0.2) is 0 Å². The predicted molar refractivity (Wildman–Crippen MR) is 62.8 cm³/mol. The fourth-order valence-corrected chi connectivity index (χ4v) is 2.93. The molecule has 0 aromatic heterocycles. The van der Waals surface area contributed by atoms with Crippen molar-refractivity contribution in [1.82, 2.24) is 0 Å². The minimum absolute atomic E-state index is 0.458. The quantitative estimate of drug-likeness (QED) is 0.585. The standard InChI is InChI=1S/C14H22O/c15-14-11-6-4-2-1-3-5-8-12-9-7-10-13(12)14/h10,12H,1-9,11H2. The van der Waals surface area contributed by atoms with Crippen LogP contribution in [0.2, 0.25) is 0 Å². The fraction of sp³-hybridized carbons (Fsp3) is 0.786. The van der Waals surface area contributed by atoms with Crippen LogP contribution in [-0.4, -0.2) is 5.78 Å². The van der Waals surface area contributed by atoms with Crippen LogP contribution in [0, 0.1) is 5.92 Å². The second-order valence-corrected chi connectivity index (χ2v) is 5.02. The summed E-state index contributed by atoms with van der Waals surface area (Å²) in [6.45, 7) is 0. The molecule has 0 radical (unpaired) electrons. The number of hydrogen-bond donors (Lipinski definition) is 0. The first kappa shape index (κ1) is 10.9. The maximum atomic E-state index is 12.0. The molecule has 2 rings (SSSR count). The molecule has 0 bridgehead atoms. The summed E-state index contributed by atoms with van der Waals surface area (Å²) in [5.74, 6) is 1.08. The summed E-state index contributed by atoms with van der Waals surface area (Å²) >= 11 is 0. The van der Waals surface area contributed by atoms with E-state index in [0.29, 0.717) is 11.7 Å². The van der Waals surface area contributed by atoms with Crippen molar-refractivity contribution in [2.75, 3.05) is 0 Å². The third-order valence-corrected chi connectivity index (χ3v) is 3.85. The van der Waals surface area contributed by atoms with Gasteiger partial charge in [-0.05, 0) is 37.2 Å². The van der Waals surface area contributed by atoms with E-state index in [1.807, 2.05) is 0 Å². The van der Waals surface area contributed by atoms with Crippen LogP contribution in [0.4, 0.5) is 0 Å². The molecule has 0 aliphatic heterocycles. The van der Waals surface area contributed by atoms with Gasteiger partial charge in [0.05, 0.1) is 0 Å². The first-order valence-corrected chi connectivity index (χ1v) is 6.61. The van der Waals surface area contributed by atoms with Crippen molar-refractivity contribution in [3.63, 3.8) is 0 Å². The molecule has 2 aliphatic carbocycles. The fourth-order valence-electron chi connectivity index (χ4n) is 2.93. The van der Waals surface area contributed by atoms with Crippen LogP contribution in [-0.2, 0) is 4.79 Å². The maximum absolute atomic E-state index is 12.0. The predicted octanol–water partition coefficient (Wildman–Crippen LogP) is 4.03. The van der Waals surface area contributed by atoms with Crippen molar-refractivity contribution in [2.24, 2.45) is 5.92 Å². The molecule has 15 heavy (non-hydrogen) atoms. The molecule has 0 aromatic carbocycles. The number of rotatable bonds is 0. The van der Waals surface area contributed by atoms with Crippen LogP contribution in [0.25, 0.3) is 0 Å². The molecule has 0 heterocycles. The van der Waals surface area contributed by atoms with Gasteiger partial charge >= 0.3 is 0 Å². The summed E-state index contributed by atoms with van der Waals surface area (Å²) in [5, 5.41) is 0. The minimum Gasteiger partial charge on any atom is -0.295 e. The van der Waals surface area contributed by atoms with E-state index in [4.69, 9.17) is 0 Å². The summed E-state index contributed by atoms with van der Waals surface area (Å²) < 4.78 is 0. The molecule has 84 valence electrons. The summed E-state index contributed by atoms with van der Waals surface area (Å²) in [5.41, 5.74) is 1.19. The molecule has 0 N–H and O–H groups in total. The van der Waals surface area contributed by atoms with E-state index in [1.54, 1.807) is 0 Å². The van der Waals surface area contributed by atoms with Crippen LogP contribution < -0.4 is 0 Å². The van der Waals surface area contributed by atoms with Crippen molar-refractivity contribution >= 4 is 5.78 Å². The van der Waals surface area contributed by atoms with E-state index in [1.165, 1.54) is 50.5 Å². The van der Waals surface area contributed by atoms with Gasteiger partial charge in [-0.15, -0.1) is 0 Å². The lowest BCUT2D eigenvalue weighted by atomic mass is 9.91. The number of carbonyl (C=O) groups is 1. The largest absolute Gasteiger partial charge is 0.295 e. The van der Waals surface area contributed by atoms with E-state index in [-0.39, 0.29) is 0 Å². The van der Waals surface area contributed by atoms with Gasteiger partial charge < -0.3 is 0 Å². The minimum atomic E-state index is 0.458. The smallest absolute Gasteiger partial charge is 0.158 e. The molecular weight excluding hydrogens is 184 g/mol. The zero-order chi connectivity index (χ0) is 10.5. The van der Waals surface area contributed by atoms with E-state index in [0.717, 1.165) is 19.3 Å². The zero-order valence-electron chi connectivity index (χ0n) is 9.63. The average Bonchev–Trinajstić information content (AvgIpc) is 2.68. The van der Waals surface area contributed by atoms with Crippen molar-refractivity contribution in [3.05, 3.63) is 11.6 Å². The van der Waals surface area contributed by atoms with Crippen molar-refractivity contribution in [3.8, 4) is 0 Å². The number of allylic oxidation sites excluding steroid dienone is 2. The summed E-state index contributed by atoms with van der Waals surface area (Å²) in [6, 6.07) is 0. The highest BCUT2D eigenvalue weighted by atomic mass is 16.1. The molecule has 0 amide bonds. The van der Waals surface area contributed by atoms with Crippen molar-refractivity contribution in [1.29, 1.82) is 0 Å². The molecule has 0 aromatic rings. The van der Waals surface area contributed by atoms with Gasteiger partial charge in [0.15, 0.2) is 5.78 Å². The van der Waals surface area contributed by atoms with E-state index in [9.17, 15) is 4.79 Å². The van der Waals surface area contributed by atoms with Crippen LogP contribution in [0.5, 0.6) is 0 Å². The van der Waals surface area contributed by atoms with Gasteiger partial charge in [-0.1, -0.05) is 38.2 Å². The summed E-state index contributed by atoms with van der Waals surface area (Å²) in [6.07, 6.45) is 14.4. The average molecular weight is 206 g/mol. The van der Waals surface area contributed by atoms with Crippen LogP contribution in [0.1, 0.15) is 64.2 Å². The zero-order valence-corrected chi connectivity index (χ0v) is 9.63. The van der Waals surface area contributed by atoms with Crippen molar-refractivity contribution < 1.29 is 4.79 Å². The number of ketones is 1. The molecule has 2 aliphatic rings. The molecule has 1 fully saturated rings. The second kappa shape index (κ2) is 5.48. The van der Waals surface area contributed by atoms with Gasteiger partial charge in [-0.3, -0.25) is 4.79 Å². The molecule has 1 saturated carbocycles. The summed E-state index contributed by atoms with van der Waals surface area (Å²) in [7, 11) is 0. The Morgan fingerprint density at radius 1 is 0.933 bits per heavy atom. The van der Waals surface area contributed by atoms with Crippen LogP contribution in [0.15, 0.2) is 11.6 Å². The molecule has 1 unspecified atom stereocenters. The molecular formula is C14H22O. The van der Waals surface area contributed by atoms with Crippen LogP contribution in [0.3, 0.4) is 0 Å². The van der Waals surface area contributed by atoms with Crippen molar-refractivity contribution in [2.45, 2.75) is 64.2 Å². The molecule has 0 saturated heterocycles. The van der Waals surface area contributed by atoms with E-state index in [2.05, 4.69) is 6.08 Å². The van der Waals surface area contributed by atoms with Gasteiger partial charge in [0.1, 0.15) is 0 Å². The highest BCUT2D eigenvalue weighted by molar-refractivity contribution is 5.96. The van der Waals surface area contributed by atoms with Crippen LogP contribution >= 0.6 is 0 Å². The number of carbonyl (C=O) groups excluding carboxylic acids is 1. The third-order valence-electron chi connectivity index (χ3n) is 3.85. The number of fused-ring (bicyclic) bond motifs is 1. The Balaban J connectivity index is 1.98. The monoisotopic (exact) mass is 206 g/mol. The lowest BCUT2D eigenvalue weighted by Gasteiger charge is -2.12. The van der Waals surface area contributed by atoms with E-state index < -0.39 is 0 Å². The first-order valence-electron chi connectivity index (χ1n) is 6.61. The number of hydrogen-bond acceptors (Lipinski definition) is 1. The Morgan fingerprint density at radius 2 is 1.67 bits per heavy atom. The van der Waals surface area contributed by atoms with Gasteiger partial charge in [-0.2, -0.15) is 0 Å². The normalized spacial score (nSPS) is 29.2. The lowest BCUT2D eigenvalue weighted by molar-refractivity contribution is -0.116. The highest BCUT2D eigenvalue weighted by Gasteiger charge is 2.24. The molecule has 1 atom stereocenters. The molecule has 0 spiro atoms. The Hall–Kier alpha value is -0.590. The topological polar surface area (TPSA) is 17.1 Å². The Bertz CT molecular complexity index is 252. The SMILES string of the molecule is O=C1CCCCCCCCC2CCC=C12. The first-order chi connectivity index (χ1) is 7.38. The highest BCUT2D eigenvalue weighted by Crippen LogP contribution is 2.32. The lowest BCUT2D eigenvalue weighted by Crippen LogP contribution is -2.09. The molecule has 1 nitrogen and oxygen atoms in total. The Kier molecular flexibility index (Phi) is 3.99.